The first kappa shape index (κ1) is 11.2. The summed E-state index contributed by atoms with van der Waals surface area (Å²) in [6, 6.07) is 0. The van der Waals surface area contributed by atoms with E-state index in [0.717, 1.165) is 17.3 Å². The van der Waals surface area contributed by atoms with E-state index in [1.165, 1.54) is 0 Å². The molecule has 0 saturated carbocycles. The average molecular weight is 261 g/mol. The first-order valence-corrected chi connectivity index (χ1v) is 5.56. The van der Waals surface area contributed by atoms with Crippen LogP contribution in [-0.4, -0.2) is 27.7 Å². The van der Waals surface area contributed by atoms with Gasteiger partial charge >= 0.3 is 5.97 Å². The van der Waals surface area contributed by atoms with Crippen molar-refractivity contribution < 1.29 is 9.53 Å². The number of hydrogen-bond donors (Lipinski definition) is 0. The van der Waals surface area contributed by atoms with Gasteiger partial charge in [0.1, 0.15) is 0 Å². The number of hydrogen-bond acceptors (Lipinski definition) is 3. The van der Waals surface area contributed by atoms with Gasteiger partial charge in [0.25, 0.3) is 0 Å². The lowest BCUT2D eigenvalue weighted by Crippen LogP contribution is -2.08. The highest BCUT2D eigenvalue weighted by Gasteiger charge is 2.16. The smallest absolute Gasteiger partial charge is 0.359 e. The number of rotatable bonds is 4. The Labute approximate surface area is 91.4 Å². The maximum absolute atomic E-state index is 11.4. The van der Waals surface area contributed by atoms with Crippen LogP contribution >= 0.6 is 15.9 Å². The molecule has 0 radical (unpaired) electrons. The summed E-state index contributed by atoms with van der Waals surface area (Å²) in [7, 11) is 1.79. The van der Waals surface area contributed by atoms with Crippen molar-refractivity contribution in [2.75, 3.05) is 11.9 Å². The number of alkyl halides is 1. The number of esters is 1. The van der Waals surface area contributed by atoms with Gasteiger partial charge in [-0.3, -0.25) is 4.68 Å². The van der Waals surface area contributed by atoms with Crippen LogP contribution in [0.1, 0.15) is 23.0 Å². The number of aryl methyl sites for hydroxylation is 2. The molecule has 1 rings (SSSR count). The Kier molecular flexibility index (Phi) is 4.13. The van der Waals surface area contributed by atoms with E-state index in [1.54, 1.807) is 18.7 Å². The molecule has 0 saturated heterocycles. The fraction of sp³-hybridized carbons (Fsp3) is 0.556. The maximum Gasteiger partial charge on any atom is 0.359 e. The normalized spacial score (nSPS) is 10.2. The molecular weight excluding hydrogens is 248 g/mol. The van der Waals surface area contributed by atoms with Crippen molar-refractivity contribution in [3.63, 3.8) is 0 Å². The third-order valence-corrected chi connectivity index (χ3v) is 2.13. The van der Waals surface area contributed by atoms with Crippen LogP contribution in [0.25, 0.3) is 0 Å². The first-order chi connectivity index (χ1) is 6.69. The topological polar surface area (TPSA) is 44.1 Å². The zero-order chi connectivity index (χ0) is 10.6. The molecule has 14 heavy (non-hydrogen) atoms. The molecule has 0 aromatic carbocycles. The Morgan fingerprint density at radius 2 is 2.43 bits per heavy atom. The number of aromatic nitrogens is 2. The van der Waals surface area contributed by atoms with E-state index < -0.39 is 0 Å². The number of carbonyl (C=O) groups excluding carboxylic acids is 1. The van der Waals surface area contributed by atoms with Crippen molar-refractivity contribution >= 4 is 21.9 Å². The summed E-state index contributed by atoms with van der Waals surface area (Å²) in [6.45, 7) is 2.16. The van der Waals surface area contributed by atoms with Crippen molar-refractivity contribution in [2.24, 2.45) is 7.05 Å². The second-order valence-corrected chi connectivity index (χ2v) is 3.63. The molecule has 0 unspecified atom stereocenters. The van der Waals surface area contributed by atoms with Crippen LogP contribution in [0, 0.1) is 0 Å². The van der Waals surface area contributed by atoms with E-state index in [-0.39, 0.29) is 5.97 Å². The van der Waals surface area contributed by atoms with E-state index in [9.17, 15) is 4.79 Å². The van der Waals surface area contributed by atoms with Crippen molar-refractivity contribution in [1.82, 2.24) is 9.78 Å². The van der Waals surface area contributed by atoms with Gasteiger partial charge in [0, 0.05) is 24.1 Å². The number of halogens is 1. The third-order valence-electron chi connectivity index (χ3n) is 1.74. The third kappa shape index (κ3) is 2.57. The van der Waals surface area contributed by atoms with Gasteiger partial charge in [-0.05, 0) is 13.3 Å². The van der Waals surface area contributed by atoms with E-state index in [0.29, 0.717) is 12.3 Å². The highest BCUT2D eigenvalue weighted by atomic mass is 79.9. The van der Waals surface area contributed by atoms with Crippen molar-refractivity contribution in [1.29, 1.82) is 0 Å². The fourth-order valence-corrected chi connectivity index (χ4v) is 1.62. The van der Waals surface area contributed by atoms with Crippen LogP contribution in [-0.2, 0) is 18.2 Å². The highest BCUT2D eigenvalue weighted by Crippen LogP contribution is 2.10. The van der Waals surface area contributed by atoms with E-state index in [2.05, 4.69) is 21.0 Å². The zero-order valence-electron chi connectivity index (χ0n) is 8.29. The van der Waals surface area contributed by atoms with Crippen LogP contribution in [0.15, 0.2) is 6.20 Å². The van der Waals surface area contributed by atoms with Crippen LogP contribution in [0.5, 0.6) is 0 Å². The van der Waals surface area contributed by atoms with Gasteiger partial charge in [0.2, 0.25) is 0 Å². The van der Waals surface area contributed by atoms with Gasteiger partial charge in [0.15, 0.2) is 5.69 Å². The summed E-state index contributed by atoms with van der Waals surface area (Å²) in [4.78, 5) is 11.4. The zero-order valence-corrected chi connectivity index (χ0v) is 9.87. The summed E-state index contributed by atoms with van der Waals surface area (Å²) in [5, 5.41) is 4.88. The van der Waals surface area contributed by atoms with E-state index in [1.807, 2.05) is 6.20 Å². The predicted octanol–water partition coefficient (Wildman–Crippen LogP) is 1.53. The molecule has 0 spiro atoms. The molecule has 1 aromatic rings. The van der Waals surface area contributed by atoms with Gasteiger partial charge in [0.05, 0.1) is 6.61 Å². The molecule has 0 fully saturated rings. The summed E-state index contributed by atoms with van der Waals surface area (Å²) in [6.07, 6.45) is 2.62. The van der Waals surface area contributed by atoms with Crippen molar-refractivity contribution in [3.8, 4) is 0 Å². The van der Waals surface area contributed by atoms with E-state index >= 15 is 0 Å². The molecule has 0 atom stereocenters. The van der Waals surface area contributed by atoms with Crippen LogP contribution in [0.3, 0.4) is 0 Å². The summed E-state index contributed by atoms with van der Waals surface area (Å²) >= 11 is 3.33. The Morgan fingerprint density at radius 3 is 3.00 bits per heavy atom. The number of ether oxygens (including phenoxy) is 1. The summed E-state index contributed by atoms with van der Waals surface area (Å²) in [5.41, 5.74) is 1.34. The van der Waals surface area contributed by atoms with Gasteiger partial charge in [-0.15, -0.1) is 0 Å². The second-order valence-electron chi connectivity index (χ2n) is 2.84. The second kappa shape index (κ2) is 5.14. The van der Waals surface area contributed by atoms with Crippen LogP contribution < -0.4 is 0 Å². The molecule has 5 heteroatoms. The van der Waals surface area contributed by atoms with Gasteiger partial charge < -0.3 is 4.74 Å². The Balaban J connectivity index is 2.88. The molecule has 0 aliphatic rings. The largest absolute Gasteiger partial charge is 0.461 e. The highest BCUT2D eigenvalue weighted by molar-refractivity contribution is 9.09. The molecule has 4 nitrogen and oxygen atoms in total. The van der Waals surface area contributed by atoms with Crippen molar-refractivity contribution in [3.05, 3.63) is 17.5 Å². The SMILES string of the molecule is CCOC(=O)c1nn(C)cc1CCBr. The molecule has 1 heterocycles. The minimum absolute atomic E-state index is 0.343. The monoisotopic (exact) mass is 260 g/mol. The van der Waals surface area contributed by atoms with Gasteiger partial charge in [-0.25, -0.2) is 4.79 Å². The fourth-order valence-electron chi connectivity index (χ4n) is 1.19. The molecule has 0 bridgehead atoms. The minimum atomic E-state index is -0.343. The average Bonchev–Trinajstić information content (AvgIpc) is 2.48. The van der Waals surface area contributed by atoms with Gasteiger partial charge in [-0.1, -0.05) is 15.9 Å². The Morgan fingerprint density at radius 1 is 1.71 bits per heavy atom. The van der Waals surface area contributed by atoms with Crippen LogP contribution in [0.2, 0.25) is 0 Å². The lowest BCUT2D eigenvalue weighted by atomic mass is 10.2. The number of nitrogens with zero attached hydrogens (tertiary/aromatic N) is 2. The molecule has 0 aliphatic heterocycles. The molecular formula is C9H13BrN2O2. The summed E-state index contributed by atoms with van der Waals surface area (Å²) in [5.74, 6) is -0.343. The molecule has 0 aliphatic carbocycles. The minimum Gasteiger partial charge on any atom is -0.461 e. The Bertz CT molecular complexity index is 323. The molecule has 78 valence electrons. The first-order valence-electron chi connectivity index (χ1n) is 4.44. The van der Waals surface area contributed by atoms with Crippen LogP contribution in [0.4, 0.5) is 0 Å². The lowest BCUT2D eigenvalue weighted by molar-refractivity contribution is 0.0517. The summed E-state index contributed by atoms with van der Waals surface area (Å²) < 4.78 is 6.53. The van der Waals surface area contributed by atoms with E-state index in [4.69, 9.17) is 4.74 Å². The number of carbonyl (C=O) groups is 1. The van der Waals surface area contributed by atoms with Gasteiger partial charge in [-0.2, -0.15) is 5.10 Å². The standard InChI is InChI=1S/C9H13BrN2O2/c1-3-14-9(13)8-7(4-5-10)6-12(2)11-8/h6H,3-5H2,1-2H3. The predicted molar refractivity (Wildman–Crippen MR) is 56.7 cm³/mol. The molecule has 0 N–H and O–H groups in total. The Hall–Kier alpha value is -0.840. The molecule has 0 amide bonds. The van der Waals surface area contributed by atoms with Crippen molar-refractivity contribution in [2.45, 2.75) is 13.3 Å². The maximum atomic E-state index is 11.4. The lowest BCUT2D eigenvalue weighted by Gasteiger charge is -1.99. The molecule has 1 aromatic heterocycles. The quantitative estimate of drug-likeness (QED) is 0.610.